The fourth-order valence-corrected chi connectivity index (χ4v) is 1.44. The number of hydrogen-bond donors (Lipinski definition) is 3. The number of nitrogens with one attached hydrogen (secondary N) is 2. The van der Waals surface area contributed by atoms with Gasteiger partial charge in [-0.15, -0.1) is 0 Å². The Balaban J connectivity index is 2.51. The summed E-state index contributed by atoms with van der Waals surface area (Å²) in [4.78, 5) is 29.2. The van der Waals surface area contributed by atoms with Gasteiger partial charge in [0.25, 0.3) is 11.5 Å². The minimum Gasteiger partial charge on any atom is -0.346 e. The molecule has 74 valence electrons. The second-order valence-electron chi connectivity index (χ2n) is 3.06. The third-order valence-electron chi connectivity index (χ3n) is 2.07. The van der Waals surface area contributed by atoms with Crippen LogP contribution >= 0.6 is 0 Å². The average Bonchev–Trinajstić information content (AvgIpc) is 2.48. The Morgan fingerprint density at radius 2 is 2.21 bits per heavy atom. The van der Waals surface area contributed by atoms with E-state index in [0.29, 0.717) is 31.0 Å². The standard InChI is InChI=1S/C8H10N4O2/c9-2-1-5-11-4-3-10-7(13)6(4)8(14)12-5/h1-3,9H2,(H,10,13)(H,11,12,14). The average molecular weight is 194 g/mol. The Kier molecular flexibility index (Phi) is 2.05. The molecule has 1 aliphatic heterocycles. The lowest BCUT2D eigenvalue weighted by molar-refractivity contribution is 0.0964. The van der Waals surface area contributed by atoms with Crippen LogP contribution in [0.5, 0.6) is 0 Å². The monoisotopic (exact) mass is 194 g/mol. The van der Waals surface area contributed by atoms with Crippen molar-refractivity contribution in [3.8, 4) is 0 Å². The molecule has 1 aromatic rings. The van der Waals surface area contributed by atoms with Crippen molar-refractivity contribution in [1.29, 1.82) is 0 Å². The topological polar surface area (TPSA) is 101 Å². The van der Waals surface area contributed by atoms with Crippen LogP contribution in [0.4, 0.5) is 0 Å². The molecule has 6 nitrogen and oxygen atoms in total. The molecule has 6 heteroatoms. The molecular formula is C8H10N4O2. The van der Waals surface area contributed by atoms with Gasteiger partial charge < -0.3 is 16.0 Å². The Morgan fingerprint density at radius 3 is 2.93 bits per heavy atom. The van der Waals surface area contributed by atoms with Crippen molar-refractivity contribution in [2.75, 3.05) is 6.54 Å². The van der Waals surface area contributed by atoms with Crippen molar-refractivity contribution in [2.45, 2.75) is 13.0 Å². The highest BCUT2D eigenvalue weighted by Crippen LogP contribution is 2.07. The summed E-state index contributed by atoms with van der Waals surface area (Å²) in [6.45, 7) is 0.749. The zero-order valence-electron chi connectivity index (χ0n) is 7.46. The van der Waals surface area contributed by atoms with Gasteiger partial charge in [-0.25, -0.2) is 4.98 Å². The SMILES string of the molecule is NCCc1nc2c(c(=O)[nH]1)C(=O)NC2. The fourth-order valence-electron chi connectivity index (χ4n) is 1.44. The first-order valence-electron chi connectivity index (χ1n) is 4.32. The van der Waals surface area contributed by atoms with E-state index in [0.717, 1.165) is 0 Å². The molecule has 0 saturated heterocycles. The highest BCUT2D eigenvalue weighted by atomic mass is 16.2. The number of nitrogens with two attached hydrogens (primary N) is 1. The van der Waals surface area contributed by atoms with Gasteiger partial charge in [0.1, 0.15) is 11.4 Å². The van der Waals surface area contributed by atoms with Crippen molar-refractivity contribution >= 4 is 5.91 Å². The quantitative estimate of drug-likeness (QED) is 0.534. The van der Waals surface area contributed by atoms with Gasteiger partial charge in [-0.3, -0.25) is 9.59 Å². The molecule has 1 aromatic heterocycles. The van der Waals surface area contributed by atoms with Crippen LogP contribution < -0.4 is 16.6 Å². The fraction of sp³-hybridized carbons (Fsp3) is 0.375. The zero-order chi connectivity index (χ0) is 10.1. The van der Waals surface area contributed by atoms with Crippen LogP contribution in [-0.2, 0) is 13.0 Å². The van der Waals surface area contributed by atoms with Crippen LogP contribution in [0.25, 0.3) is 0 Å². The summed E-state index contributed by atoms with van der Waals surface area (Å²) in [5, 5.41) is 2.54. The molecule has 1 aliphatic rings. The van der Waals surface area contributed by atoms with Crippen LogP contribution in [0.2, 0.25) is 0 Å². The summed E-state index contributed by atoms with van der Waals surface area (Å²) in [5.41, 5.74) is 5.60. The zero-order valence-corrected chi connectivity index (χ0v) is 7.46. The van der Waals surface area contributed by atoms with Crippen LogP contribution in [0, 0.1) is 0 Å². The molecule has 2 rings (SSSR count). The molecule has 0 aliphatic carbocycles. The second kappa shape index (κ2) is 3.22. The van der Waals surface area contributed by atoms with E-state index in [1.165, 1.54) is 0 Å². The van der Waals surface area contributed by atoms with E-state index < -0.39 is 0 Å². The molecule has 0 unspecified atom stereocenters. The van der Waals surface area contributed by atoms with E-state index in [1.807, 2.05) is 0 Å². The minimum absolute atomic E-state index is 0.130. The third-order valence-corrected chi connectivity index (χ3v) is 2.07. The number of fused-ring (bicyclic) bond motifs is 1. The molecule has 0 bridgehead atoms. The lowest BCUT2D eigenvalue weighted by atomic mass is 10.2. The van der Waals surface area contributed by atoms with Crippen molar-refractivity contribution in [2.24, 2.45) is 5.73 Å². The number of rotatable bonds is 2. The molecule has 4 N–H and O–H groups in total. The van der Waals surface area contributed by atoms with Crippen molar-refractivity contribution in [3.05, 3.63) is 27.4 Å². The molecule has 2 heterocycles. The van der Waals surface area contributed by atoms with Gasteiger partial charge in [-0.05, 0) is 6.54 Å². The van der Waals surface area contributed by atoms with Crippen LogP contribution in [0.15, 0.2) is 4.79 Å². The van der Waals surface area contributed by atoms with Crippen molar-refractivity contribution in [3.63, 3.8) is 0 Å². The van der Waals surface area contributed by atoms with Gasteiger partial charge in [0.05, 0.1) is 12.2 Å². The van der Waals surface area contributed by atoms with Gasteiger partial charge in [0.15, 0.2) is 0 Å². The summed E-state index contributed by atoms with van der Waals surface area (Å²) >= 11 is 0. The number of aromatic amines is 1. The smallest absolute Gasteiger partial charge is 0.264 e. The number of H-pyrrole nitrogens is 1. The maximum Gasteiger partial charge on any atom is 0.264 e. The molecular weight excluding hydrogens is 184 g/mol. The number of hydrogen-bond acceptors (Lipinski definition) is 4. The van der Waals surface area contributed by atoms with E-state index in [1.54, 1.807) is 0 Å². The van der Waals surface area contributed by atoms with Gasteiger partial charge in [0, 0.05) is 6.42 Å². The van der Waals surface area contributed by atoms with Crippen molar-refractivity contribution in [1.82, 2.24) is 15.3 Å². The van der Waals surface area contributed by atoms with Crippen LogP contribution in [-0.4, -0.2) is 22.4 Å². The molecule has 0 aromatic carbocycles. The first-order chi connectivity index (χ1) is 6.72. The Hall–Kier alpha value is -1.69. The predicted molar refractivity (Wildman–Crippen MR) is 48.8 cm³/mol. The van der Waals surface area contributed by atoms with Crippen LogP contribution in [0.3, 0.4) is 0 Å². The Bertz CT molecular complexity index is 437. The lowest BCUT2D eigenvalue weighted by Gasteiger charge is -1.99. The predicted octanol–water partition coefficient (Wildman–Crippen LogP) is -1.49. The highest BCUT2D eigenvalue weighted by molar-refractivity contribution is 5.97. The number of carbonyl (C=O) groups is 1. The summed E-state index contributed by atoms with van der Waals surface area (Å²) in [6.07, 6.45) is 0.511. The summed E-state index contributed by atoms with van der Waals surface area (Å²) in [7, 11) is 0. The number of carbonyl (C=O) groups excluding carboxylic acids is 1. The molecule has 0 radical (unpaired) electrons. The van der Waals surface area contributed by atoms with E-state index in [9.17, 15) is 9.59 Å². The van der Waals surface area contributed by atoms with Crippen LogP contribution in [0.1, 0.15) is 21.9 Å². The summed E-state index contributed by atoms with van der Waals surface area (Å²) in [5.74, 6) is 0.181. The van der Waals surface area contributed by atoms with Gasteiger partial charge in [-0.2, -0.15) is 0 Å². The first kappa shape index (κ1) is 8.89. The van der Waals surface area contributed by atoms with Gasteiger partial charge in [0.2, 0.25) is 0 Å². The number of nitrogens with zero attached hydrogens (tertiary/aromatic N) is 1. The summed E-state index contributed by atoms with van der Waals surface area (Å²) < 4.78 is 0. The van der Waals surface area contributed by atoms with E-state index in [2.05, 4.69) is 15.3 Å². The van der Waals surface area contributed by atoms with E-state index in [4.69, 9.17) is 5.73 Å². The van der Waals surface area contributed by atoms with E-state index >= 15 is 0 Å². The lowest BCUT2D eigenvalue weighted by Crippen LogP contribution is -2.23. The highest BCUT2D eigenvalue weighted by Gasteiger charge is 2.24. The van der Waals surface area contributed by atoms with Gasteiger partial charge >= 0.3 is 0 Å². The molecule has 14 heavy (non-hydrogen) atoms. The maximum atomic E-state index is 11.4. The Morgan fingerprint density at radius 1 is 1.43 bits per heavy atom. The molecule has 0 spiro atoms. The van der Waals surface area contributed by atoms with E-state index in [-0.39, 0.29) is 17.0 Å². The maximum absolute atomic E-state index is 11.4. The minimum atomic E-state index is -0.381. The normalized spacial score (nSPS) is 13.9. The third kappa shape index (κ3) is 1.29. The number of aromatic nitrogens is 2. The number of amides is 1. The molecule has 0 saturated carbocycles. The second-order valence-corrected chi connectivity index (χ2v) is 3.06. The van der Waals surface area contributed by atoms with Crippen molar-refractivity contribution < 1.29 is 4.79 Å². The first-order valence-corrected chi connectivity index (χ1v) is 4.32. The summed E-state index contributed by atoms with van der Waals surface area (Å²) in [6, 6.07) is 0. The molecule has 0 fully saturated rings. The van der Waals surface area contributed by atoms with Gasteiger partial charge in [-0.1, -0.05) is 0 Å². The molecule has 0 atom stereocenters. The Labute approximate surface area is 79.5 Å². The largest absolute Gasteiger partial charge is 0.346 e. The molecule has 1 amide bonds.